The third-order valence-corrected chi connectivity index (χ3v) is 3.02. The van der Waals surface area contributed by atoms with E-state index in [0.717, 1.165) is 4.57 Å². The molecule has 0 aliphatic carbocycles. The number of aliphatic hydroxyl groups excluding tert-OH is 2. The fourth-order valence-corrected chi connectivity index (χ4v) is 1.92. The van der Waals surface area contributed by atoms with Crippen LogP contribution in [0.1, 0.15) is 6.23 Å². The Morgan fingerprint density at radius 1 is 1.58 bits per heavy atom. The van der Waals surface area contributed by atoms with Crippen molar-refractivity contribution in [3.8, 4) is 0 Å². The lowest BCUT2D eigenvalue weighted by Crippen LogP contribution is -2.34. The molecule has 1 aromatic rings. The number of nitrogens with zero attached hydrogens (tertiary/aromatic N) is 3. The molecule has 8 heteroatoms. The molecule has 19 heavy (non-hydrogen) atoms. The molecule has 2 heterocycles. The average Bonchev–Trinajstić information content (AvgIpc) is 2.66. The zero-order chi connectivity index (χ0) is 14.2. The number of aromatic nitrogens is 2. The molecule has 4 unspecified atom stereocenters. The van der Waals surface area contributed by atoms with Gasteiger partial charge in [0.2, 0.25) is 0 Å². The summed E-state index contributed by atoms with van der Waals surface area (Å²) in [5.74, 6) is 0.439. The molecule has 1 aromatic heterocycles. The topological polar surface area (TPSA) is 87.8 Å². The quantitative estimate of drug-likeness (QED) is 0.726. The molecule has 0 radical (unpaired) electrons. The molecular formula is C11H16FN3O4. The Bertz CT molecular complexity index is 507. The normalized spacial score (nSPS) is 30.6. The van der Waals surface area contributed by atoms with Gasteiger partial charge in [-0.15, -0.1) is 0 Å². The van der Waals surface area contributed by atoms with Crippen LogP contribution in [0.2, 0.25) is 0 Å². The Morgan fingerprint density at radius 2 is 2.26 bits per heavy atom. The van der Waals surface area contributed by atoms with E-state index in [1.54, 1.807) is 19.0 Å². The van der Waals surface area contributed by atoms with Crippen molar-refractivity contribution >= 4 is 5.82 Å². The van der Waals surface area contributed by atoms with Gasteiger partial charge in [0.05, 0.1) is 6.61 Å². The van der Waals surface area contributed by atoms with Gasteiger partial charge >= 0.3 is 5.69 Å². The maximum atomic E-state index is 13.9. The van der Waals surface area contributed by atoms with Crippen LogP contribution < -0.4 is 10.6 Å². The maximum Gasteiger partial charge on any atom is 0.351 e. The summed E-state index contributed by atoms with van der Waals surface area (Å²) in [7, 11) is 3.45. The van der Waals surface area contributed by atoms with E-state index in [4.69, 9.17) is 9.84 Å². The molecule has 0 bridgehead atoms. The number of hydrogen-bond acceptors (Lipinski definition) is 6. The molecule has 0 amide bonds. The molecule has 4 atom stereocenters. The van der Waals surface area contributed by atoms with Crippen molar-refractivity contribution in [1.82, 2.24) is 9.55 Å². The minimum absolute atomic E-state index is 0.439. The molecule has 2 rings (SSSR count). The van der Waals surface area contributed by atoms with Crippen molar-refractivity contribution in [2.24, 2.45) is 0 Å². The zero-order valence-electron chi connectivity index (χ0n) is 10.6. The van der Waals surface area contributed by atoms with Gasteiger partial charge in [-0.25, -0.2) is 9.18 Å². The number of halogens is 1. The summed E-state index contributed by atoms with van der Waals surface area (Å²) in [4.78, 5) is 17.2. The zero-order valence-corrected chi connectivity index (χ0v) is 10.6. The summed E-state index contributed by atoms with van der Waals surface area (Å²) in [5, 5.41) is 18.5. The van der Waals surface area contributed by atoms with Crippen molar-refractivity contribution in [3.63, 3.8) is 0 Å². The van der Waals surface area contributed by atoms with Gasteiger partial charge in [-0.1, -0.05) is 0 Å². The molecule has 0 aromatic carbocycles. The van der Waals surface area contributed by atoms with E-state index in [1.165, 1.54) is 12.3 Å². The van der Waals surface area contributed by atoms with Crippen molar-refractivity contribution in [2.45, 2.75) is 24.6 Å². The molecule has 1 aliphatic rings. The lowest BCUT2D eigenvalue weighted by atomic mass is 10.1. The molecule has 1 saturated heterocycles. The first-order valence-electron chi connectivity index (χ1n) is 5.80. The van der Waals surface area contributed by atoms with Crippen molar-refractivity contribution in [3.05, 3.63) is 22.7 Å². The molecule has 0 spiro atoms. The highest BCUT2D eigenvalue weighted by Gasteiger charge is 2.45. The molecule has 2 N–H and O–H groups in total. The number of alkyl halides is 1. The van der Waals surface area contributed by atoms with Crippen molar-refractivity contribution in [2.75, 3.05) is 25.6 Å². The predicted octanol–water partition coefficient (Wildman–Crippen LogP) is -1.10. The summed E-state index contributed by atoms with van der Waals surface area (Å²) in [6.07, 6.45) is -4.21. The highest BCUT2D eigenvalue weighted by Crippen LogP contribution is 2.30. The summed E-state index contributed by atoms with van der Waals surface area (Å²) >= 11 is 0. The van der Waals surface area contributed by atoms with Crippen LogP contribution in [0, 0.1) is 0 Å². The van der Waals surface area contributed by atoms with Crippen LogP contribution in [0.5, 0.6) is 0 Å². The van der Waals surface area contributed by atoms with Crippen LogP contribution in [0.4, 0.5) is 10.2 Å². The molecule has 106 valence electrons. The van der Waals surface area contributed by atoms with Gasteiger partial charge in [0.1, 0.15) is 18.0 Å². The number of ether oxygens (including phenoxy) is 1. The third-order valence-electron chi connectivity index (χ3n) is 3.02. The van der Waals surface area contributed by atoms with Gasteiger partial charge in [-0.2, -0.15) is 4.98 Å². The fraction of sp³-hybridized carbons (Fsp3) is 0.636. The minimum Gasteiger partial charge on any atom is -0.394 e. The number of aliphatic hydroxyl groups is 2. The van der Waals surface area contributed by atoms with E-state index in [9.17, 15) is 14.3 Å². The van der Waals surface area contributed by atoms with E-state index in [-0.39, 0.29) is 0 Å². The monoisotopic (exact) mass is 273 g/mol. The summed E-state index contributed by atoms with van der Waals surface area (Å²) in [6, 6.07) is 1.54. The van der Waals surface area contributed by atoms with Crippen LogP contribution in [-0.2, 0) is 4.74 Å². The number of rotatable bonds is 3. The van der Waals surface area contributed by atoms with Crippen molar-refractivity contribution < 1.29 is 19.3 Å². The Hall–Kier alpha value is -1.51. The molecule has 7 nitrogen and oxygen atoms in total. The highest BCUT2D eigenvalue weighted by atomic mass is 19.1. The van der Waals surface area contributed by atoms with E-state index in [2.05, 4.69) is 4.98 Å². The van der Waals surface area contributed by atoms with Gasteiger partial charge in [-0.3, -0.25) is 4.57 Å². The van der Waals surface area contributed by atoms with Crippen LogP contribution >= 0.6 is 0 Å². The summed E-state index contributed by atoms with van der Waals surface area (Å²) < 4.78 is 20.0. The van der Waals surface area contributed by atoms with E-state index in [0.29, 0.717) is 5.82 Å². The third kappa shape index (κ3) is 2.46. The van der Waals surface area contributed by atoms with Crippen molar-refractivity contribution in [1.29, 1.82) is 0 Å². The van der Waals surface area contributed by atoms with Crippen LogP contribution in [0.15, 0.2) is 17.1 Å². The first-order valence-corrected chi connectivity index (χ1v) is 5.80. The summed E-state index contributed by atoms with van der Waals surface area (Å²) in [6.45, 7) is -0.518. The lowest BCUT2D eigenvalue weighted by Gasteiger charge is -2.17. The first-order chi connectivity index (χ1) is 8.95. The lowest BCUT2D eigenvalue weighted by molar-refractivity contribution is -0.0491. The second-order valence-electron chi connectivity index (χ2n) is 4.55. The molecular weight excluding hydrogens is 257 g/mol. The van der Waals surface area contributed by atoms with Gasteiger partial charge in [0.15, 0.2) is 12.4 Å². The van der Waals surface area contributed by atoms with Gasteiger partial charge in [0, 0.05) is 20.3 Å². The standard InChI is InChI=1S/C11H16FN3O4/c1-14(2)7-3-4-15(11(18)13-7)10-8(12)9(17)6(5-16)19-10/h3-4,6,8-10,16-17H,5H2,1-2H3. The fourth-order valence-electron chi connectivity index (χ4n) is 1.92. The highest BCUT2D eigenvalue weighted by molar-refractivity contribution is 5.33. The molecule has 0 saturated carbocycles. The smallest absolute Gasteiger partial charge is 0.351 e. The van der Waals surface area contributed by atoms with Crippen LogP contribution in [-0.4, -0.2) is 58.8 Å². The van der Waals surface area contributed by atoms with E-state index < -0.39 is 36.9 Å². The van der Waals surface area contributed by atoms with Gasteiger partial charge in [-0.05, 0) is 6.07 Å². The first kappa shape index (κ1) is 13.9. The Morgan fingerprint density at radius 3 is 2.74 bits per heavy atom. The second kappa shape index (κ2) is 5.24. The molecule has 1 aliphatic heterocycles. The second-order valence-corrected chi connectivity index (χ2v) is 4.55. The maximum absolute atomic E-state index is 13.9. The SMILES string of the molecule is CN(C)c1ccn(C2OC(CO)C(O)C2F)c(=O)n1. The van der Waals surface area contributed by atoms with Crippen LogP contribution in [0.25, 0.3) is 0 Å². The van der Waals surface area contributed by atoms with Gasteiger partial charge in [0.25, 0.3) is 0 Å². The average molecular weight is 273 g/mol. The minimum atomic E-state index is -1.79. The molecule has 1 fully saturated rings. The van der Waals surface area contributed by atoms with Crippen LogP contribution in [0.3, 0.4) is 0 Å². The van der Waals surface area contributed by atoms with Gasteiger partial charge < -0.3 is 19.8 Å². The predicted molar refractivity (Wildman–Crippen MR) is 64.7 cm³/mol. The Balaban J connectivity index is 2.31. The number of hydrogen-bond donors (Lipinski definition) is 2. The van der Waals surface area contributed by atoms with E-state index in [1.807, 2.05) is 0 Å². The Labute approximate surface area is 108 Å². The number of anilines is 1. The largest absolute Gasteiger partial charge is 0.394 e. The van der Waals surface area contributed by atoms with E-state index >= 15 is 0 Å². The summed E-state index contributed by atoms with van der Waals surface area (Å²) in [5.41, 5.74) is -0.676. The Kier molecular flexibility index (Phi) is 3.83.